The predicted molar refractivity (Wildman–Crippen MR) is 138 cm³/mol. The van der Waals surface area contributed by atoms with E-state index in [2.05, 4.69) is 10.1 Å². The number of likely N-dealkylation sites (N-methyl/N-ethyl adjacent to an activating group) is 1. The van der Waals surface area contributed by atoms with Crippen LogP contribution in [0.15, 0.2) is 91.3 Å². The van der Waals surface area contributed by atoms with Crippen LogP contribution in [0.1, 0.15) is 10.4 Å². The molecule has 0 radical (unpaired) electrons. The van der Waals surface area contributed by atoms with Crippen molar-refractivity contribution in [1.29, 1.82) is 0 Å². The monoisotopic (exact) mass is 486 g/mol. The van der Waals surface area contributed by atoms with E-state index in [1.54, 1.807) is 16.9 Å². The number of Topliss-reactive ketones (excluding diaryl/α,β-unsaturated/α-hetero) is 1. The molecule has 5 aromatic rings. The van der Waals surface area contributed by atoms with Crippen LogP contribution in [0.3, 0.4) is 0 Å². The Morgan fingerprint density at radius 1 is 0.882 bits per heavy atom. The van der Waals surface area contributed by atoms with Crippen LogP contribution in [0.25, 0.3) is 28.0 Å². The Bertz CT molecular complexity index is 1480. The van der Waals surface area contributed by atoms with Crippen LogP contribution in [0.4, 0.5) is 5.69 Å². The molecule has 0 aliphatic heterocycles. The molecule has 2 heterocycles. The number of nitrogens with zero attached hydrogens (tertiary/aromatic N) is 4. The van der Waals surface area contributed by atoms with Gasteiger partial charge in [-0.1, -0.05) is 71.7 Å². The van der Waals surface area contributed by atoms with E-state index < -0.39 is 0 Å². The van der Waals surface area contributed by atoms with Gasteiger partial charge in [-0.25, -0.2) is 9.50 Å². The van der Waals surface area contributed by atoms with Crippen molar-refractivity contribution in [2.75, 3.05) is 18.5 Å². The van der Waals surface area contributed by atoms with Crippen molar-refractivity contribution >= 4 is 40.3 Å². The molecule has 0 saturated carbocycles. The van der Waals surface area contributed by atoms with Crippen LogP contribution in [-0.2, 0) is 0 Å². The van der Waals surface area contributed by atoms with Crippen molar-refractivity contribution in [2.45, 2.75) is 0 Å². The standard InChI is InChI=1S/C27H20Cl2N4O/c1-32(20-7-3-2-4-8-20)17-25(34)23-16-31-33-26(18-11-13-19(28)14-12-18)22(15-30-27(23)33)21-9-5-6-10-24(21)29/h2-16H,17H2,1H3. The molecule has 168 valence electrons. The highest BCUT2D eigenvalue weighted by Crippen LogP contribution is 2.36. The second kappa shape index (κ2) is 9.29. The fraction of sp³-hybridized carbons (Fsp3) is 0.0741. The van der Waals surface area contributed by atoms with Gasteiger partial charge >= 0.3 is 0 Å². The first kappa shape index (κ1) is 22.1. The predicted octanol–water partition coefficient (Wildman–Crippen LogP) is 6.69. The average Bonchev–Trinajstić information content (AvgIpc) is 3.29. The fourth-order valence-corrected chi connectivity index (χ4v) is 4.33. The average molecular weight is 487 g/mol. The van der Waals surface area contributed by atoms with Crippen molar-refractivity contribution in [2.24, 2.45) is 0 Å². The number of halogens is 2. The van der Waals surface area contributed by atoms with Gasteiger partial charge in [-0.2, -0.15) is 5.10 Å². The number of rotatable bonds is 6. The molecule has 0 aliphatic carbocycles. The van der Waals surface area contributed by atoms with Gasteiger partial charge in [-0.3, -0.25) is 4.79 Å². The summed E-state index contributed by atoms with van der Waals surface area (Å²) in [5.74, 6) is -0.0681. The van der Waals surface area contributed by atoms with Gasteiger partial charge in [0.2, 0.25) is 0 Å². The second-order valence-corrected chi connectivity index (χ2v) is 8.76. The molecule has 0 amide bonds. The molecular weight excluding hydrogens is 467 g/mol. The minimum Gasteiger partial charge on any atom is -0.367 e. The fourth-order valence-electron chi connectivity index (χ4n) is 3.96. The summed E-state index contributed by atoms with van der Waals surface area (Å²) in [6.45, 7) is 0.204. The van der Waals surface area contributed by atoms with E-state index in [0.29, 0.717) is 21.3 Å². The highest BCUT2D eigenvalue weighted by molar-refractivity contribution is 6.33. The Kier molecular flexibility index (Phi) is 6.05. The Morgan fingerprint density at radius 2 is 1.59 bits per heavy atom. The van der Waals surface area contributed by atoms with E-state index in [4.69, 9.17) is 23.2 Å². The van der Waals surface area contributed by atoms with Gasteiger partial charge in [-0.15, -0.1) is 0 Å². The molecule has 0 fully saturated rings. The highest BCUT2D eigenvalue weighted by Gasteiger charge is 2.21. The van der Waals surface area contributed by atoms with Gasteiger partial charge in [-0.05, 0) is 30.3 Å². The van der Waals surface area contributed by atoms with Gasteiger partial charge in [0.15, 0.2) is 11.4 Å². The topological polar surface area (TPSA) is 50.5 Å². The number of benzene rings is 3. The van der Waals surface area contributed by atoms with Crippen molar-refractivity contribution in [3.8, 4) is 22.4 Å². The third-order valence-corrected chi connectivity index (χ3v) is 6.27. The molecule has 0 saturated heterocycles. The molecule has 5 nitrogen and oxygen atoms in total. The molecule has 0 spiro atoms. The summed E-state index contributed by atoms with van der Waals surface area (Å²) in [7, 11) is 1.89. The molecule has 0 atom stereocenters. The molecule has 3 aromatic carbocycles. The van der Waals surface area contributed by atoms with Crippen LogP contribution in [0, 0.1) is 0 Å². The molecule has 0 unspecified atom stereocenters. The third kappa shape index (κ3) is 4.16. The zero-order valence-corrected chi connectivity index (χ0v) is 19.8. The number of hydrogen-bond donors (Lipinski definition) is 0. The van der Waals surface area contributed by atoms with Gasteiger partial charge in [0.25, 0.3) is 0 Å². The van der Waals surface area contributed by atoms with Crippen molar-refractivity contribution in [3.05, 3.63) is 107 Å². The van der Waals surface area contributed by atoms with Crippen LogP contribution < -0.4 is 4.90 Å². The van der Waals surface area contributed by atoms with E-state index in [-0.39, 0.29) is 12.3 Å². The third-order valence-electron chi connectivity index (χ3n) is 5.69. The number of carbonyl (C=O) groups is 1. The first-order chi connectivity index (χ1) is 16.5. The lowest BCUT2D eigenvalue weighted by Crippen LogP contribution is -2.25. The summed E-state index contributed by atoms with van der Waals surface area (Å²) >= 11 is 12.7. The minimum atomic E-state index is -0.0681. The smallest absolute Gasteiger partial charge is 0.187 e. The number of carbonyl (C=O) groups excluding carboxylic acids is 1. The molecule has 34 heavy (non-hydrogen) atoms. The summed E-state index contributed by atoms with van der Waals surface area (Å²) < 4.78 is 1.71. The molecule has 0 N–H and O–H groups in total. The molecule has 2 aromatic heterocycles. The van der Waals surface area contributed by atoms with Gasteiger partial charge < -0.3 is 4.90 Å². The number of aromatic nitrogens is 3. The summed E-state index contributed by atoms with van der Waals surface area (Å²) in [6.07, 6.45) is 3.33. The maximum absolute atomic E-state index is 13.2. The Morgan fingerprint density at radius 3 is 2.32 bits per heavy atom. The highest BCUT2D eigenvalue weighted by atomic mass is 35.5. The number of para-hydroxylation sites is 1. The first-order valence-corrected chi connectivity index (χ1v) is 11.5. The van der Waals surface area contributed by atoms with Crippen LogP contribution >= 0.6 is 23.2 Å². The Hall–Kier alpha value is -3.67. The van der Waals surface area contributed by atoms with Crippen LogP contribution in [0.5, 0.6) is 0 Å². The minimum absolute atomic E-state index is 0.0681. The van der Waals surface area contributed by atoms with E-state index in [9.17, 15) is 4.79 Å². The SMILES string of the molecule is CN(CC(=O)c1cnn2c(-c3ccc(Cl)cc3)c(-c3ccccc3Cl)cnc12)c1ccccc1. The van der Waals surface area contributed by atoms with Crippen LogP contribution in [0.2, 0.25) is 10.0 Å². The Labute approximate surface area is 207 Å². The zero-order chi connectivity index (χ0) is 23.7. The lowest BCUT2D eigenvalue weighted by molar-refractivity contribution is 0.100. The number of anilines is 1. The van der Waals surface area contributed by atoms with Crippen LogP contribution in [-0.4, -0.2) is 34.0 Å². The lowest BCUT2D eigenvalue weighted by atomic mass is 10.0. The van der Waals surface area contributed by atoms with Crippen molar-refractivity contribution in [1.82, 2.24) is 14.6 Å². The molecule has 5 rings (SSSR count). The van der Waals surface area contributed by atoms with Crippen molar-refractivity contribution in [3.63, 3.8) is 0 Å². The largest absolute Gasteiger partial charge is 0.367 e. The molecular formula is C27H20Cl2N4O. The first-order valence-electron chi connectivity index (χ1n) is 10.7. The van der Waals surface area contributed by atoms with Gasteiger partial charge in [0, 0.05) is 45.7 Å². The number of hydrogen-bond acceptors (Lipinski definition) is 4. The summed E-state index contributed by atoms with van der Waals surface area (Å²) in [4.78, 5) is 19.8. The quantitative estimate of drug-likeness (QED) is 0.251. The molecule has 0 bridgehead atoms. The normalized spacial score (nSPS) is 11.0. The Balaban J connectivity index is 1.63. The lowest BCUT2D eigenvalue weighted by Gasteiger charge is -2.18. The maximum Gasteiger partial charge on any atom is 0.187 e. The van der Waals surface area contributed by atoms with Crippen molar-refractivity contribution < 1.29 is 4.79 Å². The molecule has 0 aliphatic rings. The van der Waals surface area contributed by atoms with E-state index >= 15 is 0 Å². The van der Waals surface area contributed by atoms with Gasteiger partial charge in [0.1, 0.15) is 0 Å². The maximum atomic E-state index is 13.2. The number of ketones is 1. The zero-order valence-electron chi connectivity index (χ0n) is 18.3. The van der Waals surface area contributed by atoms with E-state index in [1.807, 2.05) is 90.8 Å². The second-order valence-electron chi connectivity index (χ2n) is 7.92. The van der Waals surface area contributed by atoms with E-state index in [1.165, 1.54) is 0 Å². The van der Waals surface area contributed by atoms with E-state index in [0.717, 1.165) is 28.1 Å². The summed E-state index contributed by atoms with van der Waals surface area (Å²) in [5.41, 5.74) is 5.22. The number of fused-ring (bicyclic) bond motifs is 1. The molecule has 7 heteroatoms. The summed E-state index contributed by atoms with van der Waals surface area (Å²) in [5, 5.41) is 5.81. The van der Waals surface area contributed by atoms with Gasteiger partial charge in [0.05, 0.1) is 24.0 Å². The summed E-state index contributed by atoms with van der Waals surface area (Å²) in [6, 6.07) is 24.8.